The van der Waals surface area contributed by atoms with Crippen molar-refractivity contribution in [2.45, 2.75) is 13.8 Å². The van der Waals surface area contributed by atoms with E-state index in [0.717, 1.165) is 35.0 Å². The van der Waals surface area contributed by atoms with Gasteiger partial charge in [0.25, 0.3) is 11.8 Å². The Hall–Kier alpha value is -3.44. The average Bonchev–Trinajstić information content (AvgIpc) is 2.79. The number of phenols is 1. The van der Waals surface area contributed by atoms with E-state index < -0.39 is 0 Å². The maximum atomic E-state index is 13.2. The molecule has 0 radical (unpaired) electrons. The second-order valence-corrected chi connectivity index (χ2v) is 7.64. The van der Waals surface area contributed by atoms with E-state index in [2.05, 4.69) is 18.7 Å². The van der Waals surface area contributed by atoms with E-state index in [1.54, 1.807) is 18.2 Å². The van der Waals surface area contributed by atoms with Gasteiger partial charge in [0.2, 0.25) is 0 Å². The van der Waals surface area contributed by atoms with Crippen molar-refractivity contribution in [3.05, 3.63) is 76.9 Å². The zero-order chi connectivity index (χ0) is 22.0. The van der Waals surface area contributed by atoms with E-state index in [0.29, 0.717) is 24.2 Å². The summed E-state index contributed by atoms with van der Waals surface area (Å²) in [5, 5.41) is 11.1. The molecule has 158 valence electrons. The summed E-state index contributed by atoms with van der Waals surface area (Å²) in [4.78, 5) is 29.9. The van der Waals surface area contributed by atoms with Gasteiger partial charge in [-0.05, 0) is 53.9 Å². The molecule has 0 unspecified atom stereocenters. The summed E-state index contributed by atoms with van der Waals surface area (Å²) in [5.41, 5.74) is 3.04. The third kappa shape index (κ3) is 3.97. The van der Waals surface area contributed by atoms with E-state index >= 15 is 0 Å². The summed E-state index contributed by atoms with van der Waals surface area (Å²) in [7, 11) is 0. The fourth-order valence-electron chi connectivity index (χ4n) is 4.07. The highest BCUT2D eigenvalue weighted by Crippen LogP contribution is 2.33. The van der Waals surface area contributed by atoms with Gasteiger partial charge in [-0.1, -0.05) is 56.3 Å². The Kier molecular flexibility index (Phi) is 5.87. The van der Waals surface area contributed by atoms with Gasteiger partial charge in [0, 0.05) is 29.6 Å². The van der Waals surface area contributed by atoms with Gasteiger partial charge in [-0.3, -0.25) is 14.5 Å². The molecule has 0 aliphatic carbocycles. The summed E-state index contributed by atoms with van der Waals surface area (Å²) in [6.07, 6.45) is 3.92. The molecule has 0 saturated carbocycles. The van der Waals surface area contributed by atoms with Gasteiger partial charge in [0.1, 0.15) is 5.75 Å². The molecule has 0 spiro atoms. The molecule has 0 atom stereocenters. The van der Waals surface area contributed by atoms with Gasteiger partial charge in [0.05, 0.1) is 0 Å². The first-order chi connectivity index (χ1) is 15.0. The SMILES string of the molecule is CCN(CC)CCN1C(=O)c2cccc3c(C=Cc4ccc(O)cc4)ccc(c23)C1=O. The molecule has 1 N–H and O–H groups in total. The molecular formula is C26H26N2O3. The average molecular weight is 415 g/mol. The van der Waals surface area contributed by atoms with Crippen molar-refractivity contribution in [2.75, 3.05) is 26.2 Å². The van der Waals surface area contributed by atoms with Crippen molar-refractivity contribution in [3.8, 4) is 5.75 Å². The number of carbonyl (C=O) groups excluding carboxylic acids is 2. The zero-order valence-corrected chi connectivity index (χ0v) is 17.8. The normalized spacial score (nSPS) is 13.7. The van der Waals surface area contributed by atoms with Crippen LogP contribution in [0.1, 0.15) is 45.7 Å². The highest BCUT2D eigenvalue weighted by atomic mass is 16.3. The third-order valence-corrected chi connectivity index (χ3v) is 5.91. The predicted molar refractivity (Wildman–Crippen MR) is 124 cm³/mol. The molecule has 0 saturated heterocycles. The van der Waals surface area contributed by atoms with Crippen LogP contribution in [-0.2, 0) is 0 Å². The topological polar surface area (TPSA) is 60.9 Å². The first kappa shape index (κ1) is 20.8. The summed E-state index contributed by atoms with van der Waals surface area (Å²) < 4.78 is 0. The largest absolute Gasteiger partial charge is 0.508 e. The third-order valence-electron chi connectivity index (χ3n) is 5.91. The Morgan fingerprint density at radius 2 is 1.55 bits per heavy atom. The lowest BCUT2D eigenvalue weighted by Crippen LogP contribution is -2.44. The fourth-order valence-corrected chi connectivity index (χ4v) is 4.07. The number of imide groups is 1. The lowest BCUT2D eigenvalue weighted by molar-refractivity contribution is 0.0594. The van der Waals surface area contributed by atoms with Crippen LogP contribution in [0.25, 0.3) is 22.9 Å². The van der Waals surface area contributed by atoms with Gasteiger partial charge in [-0.25, -0.2) is 0 Å². The predicted octanol–water partition coefficient (Wildman–Crippen LogP) is 4.65. The summed E-state index contributed by atoms with van der Waals surface area (Å²) >= 11 is 0. The van der Waals surface area contributed by atoms with Crippen LogP contribution in [0.4, 0.5) is 0 Å². The van der Waals surface area contributed by atoms with Crippen LogP contribution in [0.2, 0.25) is 0 Å². The minimum Gasteiger partial charge on any atom is -0.508 e. The van der Waals surface area contributed by atoms with Crippen LogP contribution in [0.3, 0.4) is 0 Å². The number of likely N-dealkylation sites (N-methyl/N-ethyl adjacent to an activating group) is 1. The van der Waals surface area contributed by atoms with Crippen molar-refractivity contribution in [3.63, 3.8) is 0 Å². The molecule has 3 aromatic rings. The smallest absolute Gasteiger partial charge is 0.261 e. The second-order valence-electron chi connectivity index (χ2n) is 7.64. The Morgan fingerprint density at radius 3 is 2.23 bits per heavy atom. The molecule has 1 aliphatic rings. The lowest BCUT2D eigenvalue weighted by atomic mass is 9.91. The Labute approximate surface area is 182 Å². The van der Waals surface area contributed by atoms with E-state index in [-0.39, 0.29) is 17.6 Å². The number of carbonyl (C=O) groups is 2. The molecule has 5 nitrogen and oxygen atoms in total. The first-order valence-electron chi connectivity index (χ1n) is 10.6. The molecule has 3 aromatic carbocycles. The van der Waals surface area contributed by atoms with Gasteiger partial charge in [0.15, 0.2) is 0 Å². The van der Waals surface area contributed by atoms with Crippen molar-refractivity contribution in [1.82, 2.24) is 9.80 Å². The summed E-state index contributed by atoms with van der Waals surface area (Å²) in [6, 6.07) is 16.3. The molecule has 0 aromatic heterocycles. The van der Waals surface area contributed by atoms with Crippen LogP contribution < -0.4 is 0 Å². The van der Waals surface area contributed by atoms with E-state index in [9.17, 15) is 14.7 Å². The van der Waals surface area contributed by atoms with Crippen LogP contribution in [0.5, 0.6) is 5.75 Å². The highest BCUT2D eigenvalue weighted by Gasteiger charge is 2.33. The fraction of sp³-hybridized carbons (Fsp3) is 0.231. The Balaban J connectivity index is 1.70. The molecule has 1 heterocycles. The standard InChI is InChI=1S/C26H26N2O3/c1-3-27(4-2)16-17-28-25(30)22-7-5-6-21-19(12-15-23(24(21)22)26(28)31)11-8-18-9-13-20(29)14-10-18/h5-15,29H,3-4,16-17H2,1-2H3. The number of hydrogen-bond acceptors (Lipinski definition) is 4. The van der Waals surface area contributed by atoms with Crippen molar-refractivity contribution < 1.29 is 14.7 Å². The zero-order valence-electron chi connectivity index (χ0n) is 17.8. The second kappa shape index (κ2) is 8.74. The first-order valence-corrected chi connectivity index (χ1v) is 10.6. The number of phenolic OH excluding ortho intramolecular Hbond substituents is 1. The maximum Gasteiger partial charge on any atom is 0.261 e. The van der Waals surface area contributed by atoms with Crippen LogP contribution in [-0.4, -0.2) is 52.9 Å². The maximum absolute atomic E-state index is 13.2. The van der Waals surface area contributed by atoms with Gasteiger partial charge in [-0.2, -0.15) is 0 Å². The van der Waals surface area contributed by atoms with E-state index in [1.165, 1.54) is 4.90 Å². The molecule has 4 rings (SSSR count). The van der Waals surface area contributed by atoms with Gasteiger partial charge >= 0.3 is 0 Å². The molecular weight excluding hydrogens is 388 g/mol. The molecule has 5 heteroatoms. The molecule has 1 aliphatic heterocycles. The van der Waals surface area contributed by atoms with E-state index in [4.69, 9.17) is 0 Å². The summed E-state index contributed by atoms with van der Waals surface area (Å²) in [5.74, 6) is -0.230. The monoisotopic (exact) mass is 414 g/mol. The molecule has 0 bridgehead atoms. The Morgan fingerprint density at radius 1 is 0.871 bits per heavy atom. The summed E-state index contributed by atoms with van der Waals surface area (Å²) in [6.45, 7) is 6.98. The van der Waals surface area contributed by atoms with Crippen LogP contribution in [0, 0.1) is 0 Å². The lowest BCUT2D eigenvalue weighted by Gasteiger charge is -2.29. The molecule has 0 fully saturated rings. The van der Waals surface area contributed by atoms with Crippen molar-refractivity contribution >= 4 is 34.7 Å². The quantitative estimate of drug-likeness (QED) is 0.451. The minimum atomic E-state index is -0.227. The van der Waals surface area contributed by atoms with Gasteiger partial charge < -0.3 is 10.0 Å². The van der Waals surface area contributed by atoms with Crippen molar-refractivity contribution in [1.29, 1.82) is 0 Å². The number of nitrogens with zero attached hydrogens (tertiary/aromatic N) is 2. The van der Waals surface area contributed by atoms with E-state index in [1.807, 2.05) is 48.6 Å². The number of hydrogen-bond donors (Lipinski definition) is 1. The van der Waals surface area contributed by atoms with Crippen LogP contribution >= 0.6 is 0 Å². The minimum absolute atomic E-state index is 0.223. The van der Waals surface area contributed by atoms with Crippen LogP contribution in [0.15, 0.2) is 54.6 Å². The molecule has 2 amide bonds. The number of amides is 2. The molecule has 31 heavy (non-hydrogen) atoms. The number of aromatic hydroxyl groups is 1. The van der Waals surface area contributed by atoms with Crippen molar-refractivity contribution in [2.24, 2.45) is 0 Å². The Bertz CT molecular complexity index is 1140. The highest BCUT2D eigenvalue weighted by molar-refractivity contribution is 6.26. The van der Waals surface area contributed by atoms with Gasteiger partial charge in [-0.15, -0.1) is 0 Å². The number of rotatable bonds is 7. The number of benzene rings is 3.